The van der Waals surface area contributed by atoms with Crippen LogP contribution in [0.1, 0.15) is 72.1 Å². The first-order valence-corrected chi connectivity index (χ1v) is 9.32. The molecule has 4 rings (SSSR count). The smallest absolute Gasteiger partial charge is 0.303 e. The maximum Gasteiger partial charge on any atom is 0.303 e. The highest BCUT2D eigenvalue weighted by molar-refractivity contribution is 5.88. The lowest BCUT2D eigenvalue weighted by Gasteiger charge is -2.52. The number of rotatable bonds is 2. The zero-order valence-corrected chi connectivity index (χ0v) is 15.9. The van der Waals surface area contributed by atoms with Crippen molar-refractivity contribution in [3.05, 3.63) is 0 Å². The second kappa shape index (κ2) is 5.70. The summed E-state index contributed by atoms with van der Waals surface area (Å²) < 4.78 is 9.09. The fraction of sp³-hybridized carbons (Fsp3) is 0.895. The number of halogens is 1. The van der Waals surface area contributed by atoms with E-state index in [4.69, 9.17) is 4.74 Å². The molecule has 1 N–H and O–H groups in total. The van der Waals surface area contributed by atoms with Crippen LogP contribution in [0.25, 0.3) is 0 Å². The maximum atomic E-state index is 11.5. The Labute approximate surface area is 151 Å². The van der Waals surface area contributed by atoms with E-state index in [1.807, 2.05) is 0 Å². The Hall–Kier alpha value is -0.610. The van der Waals surface area contributed by atoms with Gasteiger partial charge >= 0.3 is 5.97 Å². The van der Waals surface area contributed by atoms with Gasteiger partial charge in [-0.3, -0.25) is 4.79 Å². The van der Waals surface area contributed by atoms with Crippen LogP contribution in [0.3, 0.4) is 0 Å². The van der Waals surface area contributed by atoms with Gasteiger partial charge < -0.3 is 22.3 Å². The van der Waals surface area contributed by atoms with Crippen molar-refractivity contribution < 1.29 is 31.6 Å². The van der Waals surface area contributed by atoms with Gasteiger partial charge in [0.1, 0.15) is 6.10 Å². The van der Waals surface area contributed by atoms with Gasteiger partial charge in [-0.15, -0.1) is 0 Å². The molecule has 0 aromatic carbocycles. The molecular formula is C19H30ClNO3. The predicted molar refractivity (Wildman–Crippen MR) is 87.7 cm³/mol. The van der Waals surface area contributed by atoms with Crippen LogP contribution in [0.2, 0.25) is 0 Å². The third kappa shape index (κ3) is 2.36. The third-order valence-corrected chi connectivity index (χ3v) is 7.59. The van der Waals surface area contributed by atoms with Crippen molar-refractivity contribution in [2.75, 3.05) is 6.54 Å². The molecule has 4 aliphatic rings. The van der Waals surface area contributed by atoms with E-state index < -0.39 is 5.97 Å². The minimum atomic E-state index is -0.653. The summed E-state index contributed by atoms with van der Waals surface area (Å²) in [5.74, 6) is 0.0815. The van der Waals surface area contributed by atoms with Crippen LogP contribution in [0.15, 0.2) is 0 Å². The normalized spacial score (nSPS) is 46.8. The molecule has 24 heavy (non-hydrogen) atoms. The number of nitrogens with zero attached hydrogens (tertiary/aromatic N) is 1. The number of aliphatic carboxylic acids is 1. The Balaban J connectivity index is 0.00000169. The van der Waals surface area contributed by atoms with Gasteiger partial charge in [-0.2, -0.15) is 0 Å². The molecule has 0 amide bonds. The Morgan fingerprint density at radius 3 is 2.79 bits per heavy atom. The minimum Gasteiger partial charge on any atom is -1.00 e. The van der Waals surface area contributed by atoms with Gasteiger partial charge in [0.2, 0.25) is 0 Å². The largest absolute Gasteiger partial charge is 1.00 e. The molecule has 1 aliphatic carbocycles. The first-order valence-electron chi connectivity index (χ1n) is 9.32. The van der Waals surface area contributed by atoms with E-state index in [1.165, 1.54) is 12.1 Å². The number of fused-ring (bicyclic) bond motifs is 2. The van der Waals surface area contributed by atoms with Crippen LogP contribution in [0.5, 0.6) is 0 Å². The van der Waals surface area contributed by atoms with E-state index in [-0.39, 0.29) is 35.4 Å². The molecule has 1 spiro atoms. The molecule has 5 heteroatoms. The van der Waals surface area contributed by atoms with Gasteiger partial charge in [-0.1, -0.05) is 13.8 Å². The van der Waals surface area contributed by atoms with E-state index in [0.29, 0.717) is 6.10 Å². The monoisotopic (exact) mass is 355 g/mol. The Morgan fingerprint density at radius 1 is 1.33 bits per heavy atom. The molecule has 5 atom stereocenters. The van der Waals surface area contributed by atoms with Gasteiger partial charge in [-0.05, 0) is 43.9 Å². The number of hydrogen-bond acceptors (Lipinski definition) is 2. The molecule has 0 aromatic heterocycles. The first-order chi connectivity index (χ1) is 10.8. The number of carboxylic acid groups (broad SMARTS) is 1. The van der Waals surface area contributed by atoms with Crippen LogP contribution < -0.4 is 12.4 Å². The highest BCUT2D eigenvalue weighted by Crippen LogP contribution is 2.58. The number of hydrogen-bond donors (Lipinski definition) is 1. The van der Waals surface area contributed by atoms with Gasteiger partial charge in [-0.25, -0.2) is 4.58 Å². The zero-order chi connectivity index (χ0) is 16.5. The summed E-state index contributed by atoms with van der Waals surface area (Å²) in [7, 11) is 0. The molecule has 0 radical (unpaired) electrons. The van der Waals surface area contributed by atoms with Gasteiger partial charge in [0, 0.05) is 19.3 Å². The van der Waals surface area contributed by atoms with Gasteiger partial charge in [0.05, 0.1) is 11.8 Å². The molecule has 2 saturated heterocycles. The van der Waals surface area contributed by atoms with Crippen molar-refractivity contribution in [1.82, 2.24) is 0 Å². The summed E-state index contributed by atoms with van der Waals surface area (Å²) in [6, 6.07) is 0. The second-order valence-corrected chi connectivity index (χ2v) is 9.11. The predicted octanol–water partition coefficient (Wildman–Crippen LogP) is 0.434. The topological polar surface area (TPSA) is 49.5 Å². The quantitative estimate of drug-likeness (QED) is 0.731. The Kier molecular flexibility index (Phi) is 4.32. The minimum absolute atomic E-state index is 0. The highest BCUT2D eigenvalue weighted by atomic mass is 35.5. The van der Waals surface area contributed by atoms with Crippen LogP contribution in [-0.4, -0.2) is 39.7 Å². The molecule has 2 bridgehead atoms. The fourth-order valence-electron chi connectivity index (χ4n) is 6.28. The summed E-state index contributed by atoms with van der Waals surface area (Å²) in [5, 5.41) is 9.46. The molecule has 136 valence electrons. The molecule has 4 nitrogen and oxygen atoms in total. The second-order valence-electron chi connectivity index (χ2n) is 9.11. The van der Waals surface area contributed by atoms with Crippen LogP contribution >= 0.6 is 0 Å². The van der Waals surface area contributed by atoms with Crippen LogP contribution in [0.4, 0.5) is 0 Å². The summed E-state index contributed by atoms with van der Waals surface area (Å²) in [6.07, 6.45) is 8.37. The van der Waals surface area contributed by atoms with Crippen molar-refractivity contribution in [1.29, 1.82) is 0 Å². The molecule has 3 heterocycles. The summed E-state index contributed by atoms with van der Waals surface area (Å²) >= 11 is 0. The average Bonchev–Trinajstić information content (AvgIpc) is 2.71. The van der Waals surface area contributed by atoms with Crippen LogP contribution in [0, 0.1) is 16.7 Å². The van der Waals surface area contributed by atoms with E-state index >= 15 is 0 Å². The fourth-order valence-corrected chi connectivity index (χ4v) is 6.28. The number of ether oxygens (including phenoxy) is 1. The van der Waals surface area contributed by atoms with E-state index in [1.54, 1.807) is 0 Å². The Bertz CT molecular complexity index is 591. The SMILES string of the molecule is C[C@H]1C[C@@H]2C[N+]3=C4CCC[C@](C)(CC(=O)O)[C@]4(C)CC[C@@]3(C1)O2.[Cl-]. The number of carbonyl (C=O) groups is 1. The molecule has 0 aromatic rings. The first kappa shape index (κ1) is 18.2. The summed E-state index contributed by atoms with van der Waals surface area (Å²) in [6.45, 7) is 7.93. The standard InChI is InChI=1S/C19H29NO3.ClH/c1-13-9-14-12-20-15-5-4-6-17(2,11-16(21)22)18(15,3)7-8-19(20,10-13)23-14;/h13-14H,4-12H2,1-3H3;1H/t13-,14+,17+,18+,19-;/m0./s1. The Morgan fingerprint density at radius 2 is 2.08 bits per heavy atom. The van der Waals surface area contributed by atoms with Crippen molar-refractivity contribution >= 4 is 11.7 Å². The lowest BCUT2D eigenvalue weighted by molar-refractivity contribution is -0.634. The summed E-state index contributed by atoms with van der Waals surface area (Å²) in [5.41, 5.74) is 1.32. The van der Waals surface area contributed by atoms with Gasteiger partial charge in [0.15, 0.2) is 12.3 Å². The molecule has 3 fully saturated rings. The zero-order valence-electron chi connectivity index (χ0n) is 15.1. The maximum absolute atomic E-state index is 11.5. The summed E-state index contributed by atoms with van der Waals surface area (Å²) in [4.78, 5) is 11.5. The van der Waals surface area contributed by atoms with E-state index in [0.717, 1.165) is 51.0 Å². The van der Waals surface area contributed by atoms with Crippen molar-refractivity contribution in [2.45, 2.75) is 84.0 Å². The van der Waals surface area contributed by atoms with E-state index in [9.17, 15) is 9.90 Å². The molecular weight excluding hydrogens is 326 g/mol. The van der Waals surface area contributed by atoms with E-state index in [2.05, 4.69) is 25.3 Å². The van der Waals surface area contributed by atoms with Crippen LogP contribution in [-0.2, 0) is 9.53 Å². The number of carboxylic acids is 1. The molecule has 0 unspecified atom stereocenters. The van der Waals surface area contributed by atoms with Crippen molar-refractivity contribution in [3.8, 4) is 0 Å². The highest BCUT2D eigenvalue weighted by Gasteiger charge is 2.65. The molecule has 3 aliphatic heterocycles. The molecule has 1 saturated carbocycles. The third-order valence-electron chi connectivity index (χ3n) is 7.59. The lowest BCUT2D eigenvalue weighted by Crippen LogP contribution is -3.00. The average molecular weight is 356 g/mol. The van der Waals surface area contributed by atoms with Crippen molar-refractivity contribution in [2.24, 2.45) is 16.7 Å². The van der Waals surface area contributed by atoms with Gasteiger partial charge in [0.25, 0.3) is 5.72 Å². The van der Waals surface area contributed by atoms with Crippen molar-refractivity contribution in [3.63, 3.8) is 0 Å². The lowest BCUT2D eigenvalue weighted by atomic mass is 9.52.